The Kier molecular flexibility index (Phi) is 10.6. The van der Waals surface area contributed by atoms with Gasteiger partial charge in [0.2, 0.25) is 0 Å². The van der Waals surface area contributed by atoms with Crippen LogP contribution in [-0.4, -0.2) is 41.3 Å². The molecule has 0 aromatic carbocycles. The van der Waals surface area contributed by atoms with Crippen molar-refractivity contribution in [3.63, 3.8) is 0 Å². The summed E-state index contributed by atoms with van der Waals surface area (Å²) in [5.41, 5.74) is 2.44. The average molecular weight is 640 g/mol. The summed E-state index contributed by atoms with van der Waals surface area (Å²) >= 11 is -0.639. The molecule has 31 heavy (non-hydrogen) atoms. The molecule has 4 rings (SSSR count). The Morgan fingerprint density at radius 2 is 1.39 bits per heavy atom. The van der Waals surface area contributed by atoms with Crippen molar-refractivity contribution in [1.29, 1.82) is 0 Å². The number of aryl methyl sites for hydroxylation is 2. The first kappa shape index (κ1) is 25.0. The summed E-state index contributed by atoms with van der Waals surface area (Å²) in [5.74, 6) is 2.43. The van der Waals surface area contributed by atoms with Crippen LogP contribution in [0.25, 0.3) is 23.0 Å². The van der Waals surface area contributed by atoms with Crippen LogP contribution < -0.4 is 4.74 Å². The van der Waals surface area contributed by atoms with Gasteiger partial charge in [-0.05, 0) is 23.8 Å². The van der Waals surface area contributed by atoms with Crippen LogP contribution in [0.2, 0.25) is 0 Å². The number of aliphatic hydroxyl groups is 1. The Hall–Kier alpha value is -2.30. The van der Waals surface area contributed by atoms with Crippen molar-refractivity contribution in [2.45, 2.75) is 6.61 Å². The molecular formula is C20H22Cl2N6O2Os. The number of pyridine rings is 2. The van der Waals surface area contributed by atoms with Crippen molar-refractivity contribution in [3.8, 4) is 28.8 Å². The van der Waals surface area contributed by atoms with E-state index in [1.165, 1.54) is 0 Å². The van der Waals surface area contributed by atoms with Gasteiger partial charge in [0, 0.05) is 57.3 Å². The first-order valence-corrected chi connectivity index (χ1v) is 15.2. The fraction of sp³-hybridized carbons (Fsp3) is 0.200. The van der Waals surface area contributed by atoms with E-state index in [2.05, 4.69) is 19.9 Å². The molecule has 11 heteroatoms. The fourth-order valence-corrected chi connectivity index (χ4v) is 2.58. The zero-order chi connectivity index (χ0) is 22.6. The second-order valence-corrected chi connectivity index (χ2v) is 9.73. The van der Waals surface area contributed by atoms with Gasteiger partial charge in [0.15, 0.2) is 11.6 Å². The van der Waals surface area contributed by atoms with E-state index in [9.17, 15) is 0 Å². The van der Waals surface area contributed by atoms with Crippen molar-refractivity contribution in [1.82, 2.24) is 29.1 Å². The summed E-state index contributed by atoms with van der Waals surface area (Å²) in [6, 6.07) is 7.30. The molecule has 0 unspecified atom stereocenters. The van der Waals surface area contributed by atoms with Gasteiger partial charge in [0.05, 0.1) is 13.7 Å². The molecule has 0 aliphatic rings. The summed E-state index contributed by atoms with van der Waals surface area (Å²) in [6.07, 6.45) is 10.6. The number of aromatic nitrogens is 6. The Morgan fingerprint density at radius 3 is 1.84 bits per heavy atom. The molecule has 0 bridgehead atoms. The Morgan fingerprint density at radius 1 is 0.871 bits per heavy atom. The Bertz CT molecular complexity index is 989. The number of halogens is 2. The molecule has 0 spiro atoms. The summed E-state index contributed by atoms with van der Waals surface area (Å²) in [6.45, 7) is 0.0277. The van der Waals surface area contributed by atoms with E-state index in [0.29, 0.717) is 0 Å². The molecular weight excluding hydrogens is 617 g/mol. The summed E-state index contributed by atoms with van der Waals surface area (Å²) in [7, 11) is 15.3. The third-order valence-corrected chi connectivity index (χ3v) is 4.07. The molecule has 0 amide bonds. The molecule has 4 aromatic rings. The molecule has 0 atom stereocenters. The number of nitrogens with zero attached hydrogens (tertiary/aromatic N) is 6. The van der Waals surface area contributed by atoms with Crippen LogP contribution in [0.1, 0.15) is 5.56 Å². The van der Waals surface area contributed by atoms with Crippen LogP contribution in [0.4, 0.5) is 0 Å². The quantitative estimate of drug-likeness (QED) is 0.365. The molecule has 166 valence electrons. The van der Waals surface area contributed by atoms with Gasteiger partial charge < -0.3 is 19.0 Å². The van der Waals surface area contributed by atoms with Crippen molar-refractivity contribution in [2.24, 2.45) is 14.1 Å². The number of hydrogen-bond donors (Lipinski definition) is 1. The summed E-state index contributed by atoms with van der Waals surface area (Å²) < 4.78 is 8.93. The molecule has 1 N–H and O–H groups in total. The predicted octanol–water partition coefficient (Wildman–Crippen LogP) is 3.84. The first-order chi connectivity index (χ1) is 15.0. The SMILES string of the molecule is COc1ccnc(-c2nccn2C)c1.Cn1ccnc1-c1cc(CO)ccn1.[Cl][Os][Cl]. The second-order valence-electron chi connectivity index (χ2n) is 6.06. The van der Waals surface area contributed by atoms with E-state index in [-0.39, 0.29) is 6.61 Å². The first-order valence-electron chi connectivity index (χ1n) is 8.90. The van der Waals surface area contributed by atoms with Crippen LogP contribution in [-0.2, 0) is 36.1 Å². The van der Waals surface area contributed by atoms with Crippen molar-refractivity contribution in [2.75, 3.05) is 7.11 Å². The van der Waals surface area contributed by atoms with Crippen LogP contribution >= 0.6 is 19.3 Å². The van der Waals surface area contributed by atoms with Crippen molar-refractivity contribution < 1.29 is 25.3 Å². The molecule has 0 aliphatic heterocycles. The van der Waals surface area contributed by atoms with Gasteiger partial charge >= 0.3 is 34.7 Å². The van der Waals surface area contributed by atoms with Gasteiger partial charge in [0.25, 0.3) is 0 Å². The van der Waals surface area contributed by atoms with Gasteiger partial charge in [-0.2, -0.15) is 0 Å². The van der Waals surface area contributed by atoms with E-state index in [0.717, 1.165) is 34.3 Å². The summed E-state index contributed by atoms with van der Waals surface area (Å²) in [4.78, 5) is 16.8. The fourth-order valence-electron chi connectivity index (χ4n) is 2.58. The Balaban J connectivity index is 0.000000196. The zero-order valence-electron chi connectivity index (χ0n) is 17.1. The second kappa shape index (κ2) is 13.2. The number of hydrogen-bond acceptors (Lipinski definition) is 6. The standard InChI is InChI=1S/2C10H11N3O.2ClH.Os/c1-13-6-5-12-10(13)9-7-8(14-2)3-4-11-9;1-13-5-4-12-10(13)9-6-8(7-14)2-3-11-9;;;/h3-7H,1-2H3;2-6,14H,7H2,1H3;2*1H;/q;;;;+2/p-2. The number of ether oxygens (including phenoxy) is 1. The third kappa shape index (κ3) is 7.40. The minimum atomic E-state index is -0.639. The average Bonchev–Trinajstić information content (AvgIpc) is 3.43. The monoisotopic (exact) mass is 640 g/mol. The molecule has 4 aromatic heterocycles. The van der Waals surface area contributed by atoms with Gasteiger partial charge in [-0.25, -0.2) is 9.97 Å². The number of imidazole rings is 2. The van der Waals surface area contributed by atoms with Crippen molar-refractivity contribution in [3.05, 3.63) is 67.0 Å². The minimum absolute atomic E-state index is 0.0277. The summed E-state index contributed by atoms with van der Waals surface area (Å²) in [5, 5.41) is 8.97. The van der Waals surface area contributed by atoms with Gasteiger partial charge in [-0.3, -0.25) is 9.97 Å². The van der Waals surface area contributed by atoms with E-state index in [1.54, 1.807) is 38.0 Å². The molecule has 0 fully saturated rings. The molecule has 4 heterocycles. The maximum atomic E-state index is 8.97. The van der Waals surface area contributed by atoms with E-state index < -0.39 is 15.4 Å². The zero-order valence-corrected chi connectivity index (χ0v) is 21.2. The topological polar surface area (TPSA) is 90.9 Å². The van der Waals surface area contributed by atoms with Gasteiger partial charge in [0.1, 0.15) is 17.1 Å². The molecule has 0 radical (unpaired) electrons. The molecule has 0 saturated carbocycles. The molecule has 8 nitrogen and oxygen atoms in total. The third-order valence-electron chi connectivity index (χ3n) is 4.07. The molecule has 0 aliphatic carbocycles. The number of rotatable bonds is 4. The number of methoxy groups -OCH3 is 1. The van der Waals surface area contributed by atoms with Gasteiger partial charge in [-0.1, -0.05) is 0 Å². The van der Waals surface area contributed by atoms with E-state index in [4.69, 9.17) is 29.1 Å². The Labute approximate surface area is 196 Å². The van der Waals surface area contributed by atoms with E-state index >= 15 is 0 Å². The predicted molar refractivity (Wildman–Crippen MR) is 117 cm³/mol. The molecule has 0 saturated heterocycles. The maximum absolute atomic E-state index is 8.97. The van der Waals surface area contributed by atoms with Gasteiger partial charge in [-0.15, -0.1) is 0 Å². The van der Waals surface area contributed by atoms with Crippen LogP contribution in [0.3, 0.4) is 0 Å². The normalized spacial score (nSPS) is 10.0. The van der Waals surface area contributed by atoms with Crippen molar-refractivity contribution >= 4 is 19.3 Å². The van der Waals surface area contributed by atoms with Crippen LogP contribution in [0.5, 0.6) is 5.75 Å². The number of aliphatic hydroxyl groups excluding tert-OH is 1. The van der Waals surface area contributed by atoms with E-state index in [1.807, 2.05) is 53.8 Å². The van der Waals surface area contributed by atoms with Crippen LogP contribution in [0.15, 0.2) is 61.4 Å². The van der Waals surface area contributed by atoms with Crippen LogP contribution in [0, 0.1) is 0 Å².